The second kappa shape index (κ2) is 11.2. The summed E-state index contributed by atoms with van der Waals surface area (Å²) in [5.41, 5.74) is 2.60. The first-order valence-electron chi connectivity index (χ1n) is 10.2. The Morgan fingerprint density at radius 2 is 1.65 bits per heavy atom. The molecule has 1 amide bonds. The number of hydrogen-bond acceptors (Lipinski definition) is 6. The van der Waals surface area contributed by atoms with Gasteiger partial charge in [-0.15, -0.1) is 0 Å². The van der Waals surface area contributed by atoms with Gasteiger partial charge in [0.15, 0.2) is 6.61 Å². The summed E-state index contributed by atoms with van der Waals surface area (Å²) in [5, 5.41) is 2.65. The highest BCUT2D eigenvalue weighted by molar-refractivity contribution is 7.92. The lowest BCUT2D eigenvalue weighted by atomic mass is 10.2. The molecule has 0 radical (unpaired) electrons. The monoisotopic (exact) mass is 480 g/mol. The summed E-state index contributed by atoms with van der Waals surface area (Å²) in [4.78, 5) is 23.9. The number of nitrogens with one attached hydrogen (secondary N) is 2. The van der Waals surface area contributed by atoms with Crippen LogP contribution in [-0.4, -0.2) is 34.0 Å². The molecule has 0 aromatic heterocycles. The van der Waals surface area contributed by atoms with Gasteiger partial charge >= 0.3 is 5.97 Å². The summed E-state index contributed by atoms with van der Waals surface area (Å²) in [5.74, 6) is -0.534. The third kappa shape index (κ3) is 7.21. The smallest absolute Gasteiger partial charge is 0.331 e. The number of hydrogen-bond donors (Lipinski definition) is 2. The minimum atomic E-state index is -3.78. The molecule has 8 nitrogen and oxygen atoms in total. The van der Waals surface area contributed by atoms with Crippen molar-refractivity contribution in [3.05, 3.63) is 90.0 Å². The third-order valence-corrected chi connectivity index (χ3v) is 5.99. The lowest BCUT2D eigenvalue weighted by molar-refractivity contribution is -0.142. The normalized spacial score (nSPS) is 11.1. The van der Waals surface area contributed by atoms with Gasteiger partial charge in [0, 0.05) is 17.5 Å². The number of anilines is 2. The first-order chi connectivity index (χ1) is 16.2. The van der Waals surface area contributed by atoms with E-state index in [2.05, 4.69) is 10.0 Å². The fourth-order valence-corrected chi connectivity index (χ4v) is 3.96. The Hall–Kier alpha value is -4.11. The number of ether oxygens (including phenoxy) is 2. The maximum Gasteiger partial charge on any atom is 0.331 e. The quantitative estimate of drug-likeness (QED) is 0.354. The van der Waals surface area contributed by atoms with Crippen molar-refractivity contribution in [2.75, 3.05) is 23.8 Å². The van der Waals surface area contributed by atoms with E-state index in [1.165, 1.54) is 31.4 Å². The predicted molar refractivity (Wildman–Crippen MR) is 130 cm³/mol. The molecule has 0 spiro atoms. The summed E-state index contributed by atoms with van der Waals surface area (Å²) in [6.07, 6.45) is 2.63. The second-order valence-corrected chi connectivity index (χ2v) is 8.94. The molecule has 9 heteroatoms. The Labute approximate surface area is 198 Å². The molecule has 2 N–H and O–H groups in total. The van der Waals surface area contributed by atoms with E-state index in [0.29, 0.717) is 22.7 Å². The standard InChI is InChI=1S/C25H24N2O6S/c1-18-4-3-5-21(16-18)26-24(28)17-33-25(29)15-8-19-6-13-23(14-7-19)34(30,31)27-20-9-11-22(32-2)12-10-20/h3-16,27H,17H2,1-2H3,(H,26,28)/b15-8+. The van der Waals surface area contributed by atoms with Gasteiger partial charge in [0.25, 0.3) is 15.9 Å². The SMILES string of the molecule is COc1ccc(NS(=O)(=O)c2ccc(/C=C/C(=O)OCC(=O)Nc3cccc(C)c3)cc2)cc1. The van der Waals surface area contributed by atoms with Crippen molar-refractivity contribution in [2.45, 2.75) is 11.8 Å². The lowest BCUT2D eigenvalue weighted by Crippen LogP contribution is -2.20. The Morgan fingerprint density at radius 3 is 2.29 bits per heavy atom. The highest BCUT2D eigenvalue weighted by Gasteiger charge is 2.14. The average Bonchev–Trinajstić information content (AvgIpc) is 2.82. The summed E-state index contributed by atoms with van der Waals surface area (Å²) < 4.78 is 37.6. The van der Waals surface area contributed by atoms with E-state index >= 15 is 0 Å². The van der Waals surface area contributed by atoms with Crippen molar-refractivity contribution in [3.8, 4) is 5.75 Å². The molecule has 0 aliphatic carbocycles. The predicted octanol–water partition coefficient (Wildman–Crippen LogP) is 4.00. The van der Waals surface area contributed by atoms with Crippen molar-refractivity contribution >= 4 is 39.4 Å². The zero-order valence-corrected chi connectivity index (χ0v) is 19.5. The van der Waals surface area contributed by atoms with Crippen LogP contribution in [0.4, 0.5) is 11.4 Å². The molecule has 0 aliphatic rings. The van der Waals surface area contributed by atoms with Crippen LogP contribution < -0.4 is 14.8 Å². The van der Waals surface area contributed by atoms with Crippen LogP contribution in [0.25, 0.3) is 6.08 Å². The van der Waals surface area contributed by atoms with Crippen LogP contribution in [0.5, 0.6) is 5.75 Å². The Kier molecular flexibility index (Phi) is 8.05. The van der Waals surface area contributed by atoms with Crippen molar-refractivity contribution in [3.63, 3.8) is 0 Å². The van der Waals surface area contributed by atoms with E-state index in [4.69, 9.17) is 9.47 Å². The van der Waals surface area contributed by atoms with Crippen LogP contribution in [0, 0.1) is 6.92 Å². The fourth-order valence-electron chi connectivity index (χ4n) is 2.90. The Morgan fingerprint density at radius 1 is 0.941 bits per heavy atom. The first kappa shape index (κ1) is 24.5. The minimum absolute atomic E-state index is 0.0656. The van der Waals surface area contributed by atoms with Crippen molar-refractivity contribution in [2.24, 2.45) is 0 Å². The minimum Gasteiger partial charge on any atom is -0.497 e. The number of carbonyl (C=O) groups excluding carboxylic acids is 2. The number of aryl methyl sites for hydroxylation is 1. The van der Waals surface area contributed by atoms with Gasteiger partial charge in [0.05, 0.1) is 12.0 Å². The second-order valence-electron chi connectivity index (χ2n) is 7.26. The number of carbonyl (C=O) groups is 2. The zero-order valence-electron chi connectivity index (χ0n) is 18.6. The molecule has 0 atom stereocenters. The molecule has 0 bridgehead atoms. The van der Waals surface area contributed by atoms with Crippen LogP contribution in [0.1, 0.15) is 11.1 Å². The van der Waals surface area contributed by atoms with Crippen LogP contribution >= 0.6 is 0 Å². The van der Waals surface area contributed by atoms with Crippen LogP contribution in [-0.2, 0) is 24.3 Å². The molecule has 0 unspecified atom stereocenters. The third-order valence-electron chi connectivity index (χ3n) is 4.59. The summed E-state index contributed by atoms with van der Waals surface area (Å²) in [6, 6.07) is 19.7. The molecule has 3 aromatic carbocycles. The lowest BCUT2D eigenvalue weighted by Gasteiger charge is -2.09. The van der Waals surface area contributed by atoms with Gasteiger partial charge in [-0.25, -0.2) is 13.2 Å². The van der Waals surface area contributed by atoms with Gasteiger partial charge in [-0.05, 0) is 72.7 Å². The van der Waals surface area contributed by atoms with Gasteiger partial charge in [0.1, 0.15) is 5.75 Å². The number of rotatable bonds is 9. The highest BCUT2D eigenvalue weighted by Crippen LogP contribution is 2.20. The number of sulfonamides is 1. The summed E-state index contributed by atoms with van der Waals surface area (Å²) >= 11 is 0. The number of benzene rings is 3. The van der Waals surface area contributed by atoms with Crippen molar-refractivity contribution in [1.29, 1.82) is 0 Å². The molecule has 3 aromatic rings. The average molecular weight is 481 g/mol. The number of esters is 1. The topological polar surface area (TPSA) is 111 Å². The van der Waals surface area contributed by atoms with Crippen LogP contribution in [0.3, 0.4) is 0 Å². The first-order valence-corrected chi connectivity index (χ1v) is 11.7. The van der Waals surface area contributed by atoms with Crippen LogP contribution in [0.15, 0.2) is 83.8 Å². The molecule has 176 valence electrons. The molecule has 0 saturated heterocycles. The van der Waals surface area contributed by atoms with Crippen LogP contribution in [0.2, 0.25) is 0 Å². The van der Waals surface area contributed by atoms with E-state index < -0.39 is 28.5 Å². The van der Waals surface area contributed by atoms with Crippen molar-refractivity contribution in [1.82, 2.24) is 0 Å². The maximum absolute atomic E-state index is 12.6. The van der Waals surface area contributed by atoms with Gasteiger partial charge in [0.2, 0.25) is 0 Å². The Bertz CT molecular complexity index is 1280. The molecule has 3 rings (SSSR count). The van der Waals surface area contributed by atoms with Gasteiger partial charge in [-0.3, -0.25) is 9.52 Å². The number of amides is 1. The number of methoxy groups -OCH3 is 1. The van der Waals surface area contributed by atoms with Gasteiger partial charge in [-0.2, -0.15) is 0 Å². The largest absolute Gasteiger partial charge is 0.497 e. The van der Waals surface area contributed by atoms with Crippen molar-refractivity contribution < 1.29 is 27.5 Å². The van der Waals surface area contributed by atoms with E-state index in [9.17, 15) is 18.0 Å². The van der Waals surface area contributed by atoms with E-state index in [1.54, 1.807) is 48.5 Å². The molecular formula is C25H24N2O6S. The van der Waals surface area contributed by atoms with Gasteiger partial charge in [-0.1, -0.05) is 24.3 Å². The summed E-state index contributed by atoms with van der Waals surface area (Å²) in [7, 11) is -2.25. The fraction of sp³-hybridized carbons (Fsp3) is 0.120. The highest BCUT2D eigenvalue weighted by atomic mass is 32.2. The zero-order chi connectivity index (χ0) is 24.6. The molecular weight excluding hydrogens is 456 g/mol. The Balaban J connectivity index is 1.52. The summed E-state index contributed by atoms with van der Waals surface area (Å²) in [6.45, 7) is 1.48. The van der Waals surface area contributed by atoms with E-state index in [0.717, 1.165) is 5.56 Å². The van der Waals surface area contributed by atoms with E-state index in [1.807, 2.05) is 19.1 Å². The molecule has 0 saturated carbocycles. The maximum atomic E-state index is 12.6. The van der Waals surface area contributed by atoms with Gasteiger partial charge < -0.3 is 14.8 Å². The molecule has 34 heavy (non-hydrogen) atoms. The van der Waals surface area contributed by atoms with E-state index in [-0.39, 0.29) is 4.90 Å². The molecule has 0 heterocycles. The molecule has 0 aliphatic heterocycles. The molecule has 0 fully saturated rings.